The molecule has 0 bridgehead atoms. The van der Waals surface area contributed by atoms with Gasteiger partial charge >= 0.3 is 0 Å². The Bertz CT molecular complexity index is 538. The summed E-state index contributed by atoms with van der Waals surface area (Å²) in [6.45, 7) is 2.07. The molecule has 0 aliphatic rings. The zero-order valence-corrected chi connectivity index (χ0v) is 13.1. The summed E-state index contributed by atoms with van der Waals surface area (Å²) < 4.78 is 6.63. The second-order valence-corrected chi connectivity index (χ2v) is 5.74. The first-order valence-corrected chi connectivity index (χ1v) is 7.44. The first-order valence-electron chi connectivity index (χ1n) is 5.70. The molecule has 1 heterocycles. The quantitative estimate of drug-likeness (QED) is 0.912. The Labute approximate surface area is 120 Å². The predicted molar refractivity (Wildman–Crippen MR) is 80.7 cm³/mol. The van der Waals surface area contributed by atoms with Crippen molar-refractivity contribution in [1.29, 1.82) is 0 Å². The lowest BCUT2D eigenvalue weighted by Gasteiger charge is -2.19. The smallest absolute Gasteiger partial charge is 0.124 e. The highest BCUT2D eigenvalue weighted by Crippen LogP contribution is 2.35. The Morgan fingerprint density at radius 3 is 2.61 bits per heavy atom. The molecule has 1 aromatic heterocycles. The average molecular weight is 326 g/mol. The van der Waals surface area contributed by atoms with E-state index >= 15 is 0 Å². The van der Waals surface area contributed by atoms with Crippen LogP contribution < -0.4 is 10.1 Å². The maximum atomic E-state index is 5.49. The largest absolute Gasteiger partial charge is 0.496 e. The van der Waals surface area contributed by atoms with Crippen LogP contribution in [0.4, 0.5) is 0 Å². The Balaban J connectivity index is 2.48. The number of benzene rings is 1. The molecule has 0 spiro atoms. The van der Waals surface area contributed by atoms with Gasteiger partial charge in [-0.05, 0) is 52.5 Å². The molecule has 4 heteroatoms. The van der Waals surface area contributed by atoms with Crippen LogP contribution in [0.25, 0.3) is 0 Å². The molecule has 0 saturated carbocycles. The third-order valence-corrected chi connectivity index (χ3v) is 4.69. The first kappa shape index (κ1) is 13.6. The molecule has 2 aromatic rings. The summed E-state index contributed by atoms with van der Waals surface area (Å²) in [5.41, 5.74) is 3.60. The van der Waals surface area contributed by atoms with Crippen molar-refractivity contribution in [3.63, 3.8) is 0 Å². The lowest BCUT2D eigenvalue weighted by atomic mass is 9.99. The number of hydrogen-bond acceptors (Lipinski definition) is 3. The molecular formula is C14H16BrNOS. The van der Waals surface area contributed by atoms with Crippen LogP contribution in [0.15, 0.2) is 33.4 Å². The number of rotatable bonds is 4. The van der Waals surface area contributed by atoms with E-state index in [1.165, 1.54) is 11.1 Å². The molecule has 96 valence electrons. The number of thiophene rings is 1. The monoisotopic (exact) mass is 325 g/mol. The summed E-state index contributed by atoms with van der Waals surface area (Å²) in [6.07, 6.45) is 0. The van der Waals surface area contributed by atoms with E-state index in [4.69, 9.17) is 4.74 Å². The molecule has 0 saturated heterocycles. The third-order valence-electron chi connectivity index (χ3n) is 2.94. The number of methoxy groups -OCH3 is 1. The van der Waals surface area contributed by atoms with Gasteiger partial charge in [0.15, 0.2) is 0 Å². The minimum Gasteiger partial charge on any atom is -0.496 e. The predicted octanol–water partition coefficient (Wildman–Crippen LogP) is 4.14. The van der Waals surface area contributed by atoms with Crippen molar-refractivity contribution in [2.75, 3.05) is 14.2 Å². The summed E-state index contributed by atoms with van der Waals surface area (Å²) in [6, 6.07) is 6.45. The van der Waals surface area contributed by atoms with E-state index in [9.17, 15) is 0 Å². The van der Waals surface area contributed by atoms with Gasteiger partial charge in [-0.3, -0.25) is 0 Å². The highest BCUT2D eigenvalue weighted by molar-refractivity contribution is 9.10. The van der Waals surface area contributed by atoms with Gasteiger partial charge in [0.1, 0.15) is 5.75 Å². The summed E-state index contributed by atoms with van der Waals surface area (Å²) >= 11 is 5.29. The molecule has 0 fully saturated rings. The molecule has 1 aromatic carbocycles. The highest BCUT2D eigenvalue weighted by Gasteiger charge is 2.19. The zero-order valence-electron chi connectivity index (χ0n) is 10.7. The lowest BCUT2D eigenvalue weighted by Crippen LogP contribution is -2.18. The molecule has 1 N–H and O–H groups in total. The number of hydrogen-bond donors (Lipinski definition) is 1. The minimum atomic E-state index is 0.140. The van der Waals surface area contributed by atoms with Crippen molar-refractivity contribution in [3.8, 4) is 5.75 Å². The van der Waals surface area contributed by atoms with Gasteiger partial charge in [-0.1, -0.05) is 12.1 Å². The topological polar surface area (TPSA) is 21.3 Å². The maximum Gasteiger partial charge on any atom is 0.124 e. The van der Waals surface area contributed by atoms with E-state index in [0.29, 0.717) is 0 Å². The first-order chi connectivity index (χ1) is 8.67. The third kappa shape index (κ3) is 2.60. The number of ether oxygens (including phenoxy) is 1. The normalized spacial score (nSPS) is 12.4. The van der Waals surface area contributed by atoms with Gasteiger partial charge in [0.05, 0.1) is 13.2 Å². The van der Waals surface area contributed by atoms with Gasteiger partial charge in [-0.15, -0.1) is 0 Å². The Hall–Kier alpha value is -0.840. The zero-order chi connectivity index (χ0) is 13.1. The van der Waals surface area contributed by atoms with Crippen LogP contribution in [-0.2, 0) is 0 Å². The summed E-state index contributed by atoms with van der Waals surface area (Å²) in [5.74, 6) is 0.924. The molecule has 0 radical (unpaired) electrons. The fourth-order valence-electron chi connectivity index (χ4n) is 2.03. The van der Waals surface area contributed by atoms with Crippen molar-refractivity contribution in [3.05, 3.63) is 50.1 Å². The number of halogens is 1. The fraction of sp³-hybridized carbons (Fsp3) is 0.286. The van der Waals surface area contributed by atoms with Crippen LogP contribution in [0.2, 0.25) is 0 Å². The number of aryl methyl sites for hydroxylation is 1. The van der Waals surface area contributed by atoms with Crippen LogP contribution in [-0.4, -0.2) is 14.2 Å². The van der Waals surface area contributed by atoms with E-state index in [2.05, 4.69) is 57.1 Å². The summed E-state index contributed by atoms with van der Waals surface area (Å²) in [7, 11) is 3.68. The second-order valence-electron chi connectivity index (χ2n) is 4.14. The van der Waals surface area contributed by atoms with Crippen LogP contribution in [0.1, 0.15) is 22.7 Å². The molecule has 2 rings (SSSR count). The van der Waals surface area contributed by atoms with Crippen molar-refractivity contribution < 1.29 is 4.74 Å². The van der Waals surface area contributed by atoms with E-state index in [0.717, 1.165) is 15.8 Å². The van der Waals surface area contributed by atoms with Crippen LogP contribution >= 0.6 is 27.3 Å². The molecule has 2 nitrogen and oxygen atoms in total. The molecule has 0 amide bonds. The van der Waals surface area contributed by atoms with Crippen molar-refractivity contribution >= 4 is 27.3 Å². The average Bonchev–Trinajstić information content (AvgIpc) is 2.78. The van der Waals surface area contributed by atoms with Gasteiger partial charge in [0, 0.05) is 15.4 Å². The number of nitrogens with one attached hydrogen (secondary N) is 1. The SMILES string of the molecule is CNC(c1cscc1Br)c1ccc(C)cc1OC. The minimum absolute atomic E-state index is 0.140. The maximum absolute atomic E-state index is 5.49. The van der Waals surface area contributed by atoms with Gasteiger partial charge in [0.2, 0.25) is 0 Å². The van der Waals surface area contributed by atoms with Gasteiger partial charge in [-0.25, -0.2) is 0 Å². The standard InChI is InChI=1S/C14H16BrNOS/c1-9-4-5-10(13(6-9)17-3)14(16-2)11-7-18-8-12(11)15/h4-8,14,16H,1-3H3. The van der Waals surface area contributed by atoms with E-state index in [1.54, 1.807) is 18.4 Å². The van der Waals surface area contributed by atoms with E-state index < -0.39 is 0 Å². The van der Waals surface area contributed by atoms with Crippen molar-refractivity contribution in [2.24, 2.45) is 0 Å². The van der Waals surface area contributed by atoms with E-state index in [1.807, 2.05) is 7.05 Å². The fourth-order valence-corrected chi connectivity index (χ4v) is 3.58. The Kier molecular flexibility index (Phi) is 4.43. The summed E-state index contributed by atoms with van der Waals surface area (Å²) in [5, 5.41) is 7.61. The molecule has 18 heavy (non-hydrogen) atoms. The van der Waals surface area contributed by atoms with Crippen LogP contribution in [0.5, 0.6) is 5.75 Å². The van der Waals surface area contributed by atoms with E-state index in [-0.39, 0.29) is 6.04 Å². The van der Waals surface area contributed by atoms with Crippen molar-refractivity contribution in [2.45, 2.75) is 13.0 Å². The molecule has 1 unspecified atom stereocenters. The van der Waals surface area contributed by atoms with Crippen LogP contribution in [0.3, 0.4) is 0 Å². The molecule has 0 aliphatic heterocycles. The molecule has 1 atom stereocenters. The Morgan fingerprint density at radius 1 is 1.28 bits per heavy atom. The Morgan fingerprint density at radius 2 is 2.06 bits per heavy atom. The van der Waals surface area contributed by atoms with Gasteiger partial charge < -0.3 is 10.1 Å². The van der Waals surface area contributed by atoms with Crippen molar-refractivity contribution in [1.82, 2.24) is 5.32 Å². The van der Waals surface area contributed by atoms with Gasteiger partial charge in [0.25, 0.3) is 0 Å². The highest BCUT2D eigenvalue weighted by atomic mass is 79.9. The summed E-state index contributed by atoms with van der Waals surface area (Å²) in [4.78, 5) is 0. The second kappa shape index (κ2) is 5.87. The van der Waals surface area contributed by atoms with Crippen LogP contribution in [0, 0.1) is 6.92 Å². The molecule has 0 aliphatic carbocycles. The van der Waals surface area contributed by atoms with Gasteiger partial charge in [-0.2, -0.15) is 11.3 Å². The lowest BCUT2D eigenvalue weighted by molar-refractivity contribution is 0.405. The molecular weight excluding hydrogens is 310 g/mol.